The molecule has 11 atom stereocenters. The summed E-state index contributed by atoms with van der Waals surface area (Å²) in [6.07, 6.45) is 3.68. The third-order valence-electron chi connectivity index (χ3n) is 14.5. The molecule has 1 rings (SSSR count). The molecule has 0 heterocycles. The first kappa shape index (κ1) is 78.0. The topological polar surface area (TPSA) is 488 Å². The van der Waals surface area contributed by atoms with Crippen molar-refractivity contribution >= 4 is 65.1 Å². The van der Waals surface area contributed by atoms with Gasteiger partial charge in [-0.25, -0.2) is 4.79 Å². The highest BCUT2D eigenvalue weighted by atomic mass is 16.4. The molecule has 28 heteroatoms. The van der Waals surface area contributed by atoms with E-state index in [-0.39, 0.29) is 88.9 Å². The first-order valence-electron chi connectivity index (χ1n) is 30.7. The lowest BCUT2D eigenvalue weighted by Crippen LogP contribution is -2.61. The third-order valence-corrected chi connectivity index (χ3v) is 14.5. The summed E-state index contributed by atoms with van der Waals surface area (Å²) in [6.45, 7) is 14.2. The highest BCUT2D eigenvalue weighted by molar-refractivity contribution is 5.98. The smallest absolute Gasteiger partial charge is 0.326 e. The molecule has 1 aromatic rings. The standard InChI is InChI=1S/C59H106N16O12/c1-9-37(8)48(57(85)73-46(33-76)55(83)72-45(58(86)87)31-35(4)5)75-52(80)42(25-15-18-28-62)68-50(78)40(23-13-16-26-60)67-51(79)41(24-14-17-27-61)69-54(82)44(32-38-20-11-10-12-21-38)70-53(81)43(30-34(2)3)71-56(84)47(36(6)7)74-49(77)39(63)22-19-29-66-59(64)65/h10-12,20-21,34-37,39-48,76H,9,13-19,22-33,60-63H2,1-8H3,(H,67,79)(H,68,78)(H,69,82)(H,70,81)(H,71,84)(H,72,83)(H,73,85)(H,74,77)(H,75,80)(H,86,87)(H4,64,65,66)/t37-,39-,40-,41-,42-,43-,44-,45-,46-,47-,48-/m0/s1. The number of carboxylic acids is 1. The number of aliphatic carboxylic acids is 1. The maximum atomic E-state index is 14.7. The molecular formula is C59H106N16O12. The van der Waals surface area contributed by atoms with E-state index in [0.29, 0.717) is 56.9 Å². The molecule has 0 unspecified atom stereocenters. The van der Waals surface area contributed by atoms with Crippen LogP contribution in [-0.4, -0.2) is 169 Å². The monoisotopic (exact) mass is 1230 g/mol. The van der Waals surface area contributed by atoms with Crippen molar-refractivity contribution in [1.29, 1.82) is 0 Å². The number of nitrogens with one attached hydrogen (secondary N) is 9. The number of amides is 9. The van der Waals surface area contributed by atoms with E-state index in [9.17, 15) is 58.2 Å². The fourth-order valence-corrected chi connectivity index (χ4v) is 9.22. The minimum Gasteiger partial charge on any atom is -0.480 e. The van der Waals surface area contributed by atoms with Crippen molar-refractivity contribution in [2.75, 3.05) is 32.8 Å². The lowest BCUT2D eigenvalue weighted by molar-refractivity contribution is -0.143. The fourth-order valence-electron chi connectivity index (χ4n) is 9.22. The molecule has 28 nitrogen and oxygen atoms in total. The maximum Gasteiger partial charge on any atom is 0.326 e. The number of aliphatic hydroxyl groups is 1. The van der Waals surface area contributed by atoms with Crippen LogP contribution in [0.15, 0.2) is 35.3 Å². The van der Waals surface area contributed by atoms with Gasteiger partial charge in [0.1, 0.15) is 54.4 Å². The van der Waals surface area contributed by atoms with Crippen molar-refractivity contribution in [3.8, 4) is 0 Å². The zero-order chi connectivity index (χ0) is 65.8. The van der Waals surface area contributed by atoms with Crippen LogP contribution in [0.1, 0.15) is 151 Å². The van der Waals surface area contributed by atoms with Crippen molar-refractivity contribution in [2.45, 2.75) is 212 Å². The number of aliphatic hydroxyl groups excluding tert-OH is 1. The van der Waals surface area contributed by atoms with Gasteiger partial charge in [0.15, 0.2) is 5.96 Å². The minimum absolute atomic E-state index is 0.0439. The molecule has 0 aliphatic carbocycles. The van der Waals surface area contributed by atoms with Gasteiger partial charge in [-0.05, 0) is 132 Å². The van der Waals surface area contributed by atoms with Crippen molar-refractivity contribution in [1.82, 2.24) is 47.9 Å². The first-order chi connectivity index (χ1) is 41.1. The largest absolute Gasteiger partial charge is 0.480 e. The second-order valence-corrected chi connectivity index (χ2v) is 23.4. The van der Waals surface area contributed by atoms with Gasteiger partial charge < -0.3 is 92.5 Å². The Bertz CT molecular complexity index is 2330. The van der Waals surface area contributed by atoms with E-state index in [1.54, 1.807) is 71.9 Å². The predicted molar refractivity (Wildman–Crippen MR) is 332 cm³/mol. The van der Waals surface area contributed by atoms with Crippen molar-refractivity contribution in [2.24, 2.45) is 63.1 Å². The van der Waals surface area contributed by atoms with Gasteiger partial charge in [0, 0.05) is 13.0 Å². The van der Waals surface area contributed by atoms with Gasteiger partial charge in [0.25, 0.3) is 0 Å². The summed E-state index contributed by atoms with van der Waals surface area (Å²) in [6, 6.07) is -3.89. The Labute approximate surface area is 513 Å². The molecule has 0 aromatic heterocycles. The van der Waals surface area contributed by atoms with Crippen LogP contribution in [0.4, 0.5) is 0 Å². The Balaban J connectivity index is 3.64. The first-order valence-corrected chi connectivity index (χ1v) is 30.7. The van der Waals surface area contributed by atoms with Gasteiger partial charge in [-0.1, -0.05) is 92.1 Å². The van der Waals surface area contributed by atoms with Gasteiger partial charge in [-0.3, -0.25) is 48.1 Å². The molecule has 494 valence electrons. The molecule has 23 N–H and O–H groups in total. The summed E-state index contributed by atoms with van der Waals surface area (Å²) in [4.78, 5) is 143. The number of benzene rings is 1. The fraction of sp³-hybridized carbons (Fsp3) is 0.712. The van der Waals surface area contributed by atoms with Crippen LogP contribution in [-0.2, 0) is 54.4 Å². The number of carbonyl (C=O) groups excluding carboxylic acids is 9. The summed E-state index contributed by atoms with van der Waals surface area (Å²) in [7, 11) is 0. The van der Waals surface area contributed by atoms with Gasteiger partial charge in [0.05, 0.1) is 12.6 Å². The predicted octanol–water partition coefficient (Wildman–Crippen LogP) is -1.77. The van der Waals surface area contributed by atoms with E-state index in [1.165, 1.54) is 0 Å². The molecule has 9 amide bonds. The Morgan fingerprint density at radius 3 is 1.30 bits per heavy atom. The molecular weight excluding hydrogens is 1120 g/mol. The highest BCUT2D eigenvalue weighted by Gasteiger charge is 2.37. The number of hydrogen-bond acceptors (Lipinski definition) is 16. The third kappa shape index (κ3) is 31.0. The molecule has 0 saturated carbocycles. The van der Waals surface area contributed by atoms with Crippen LogP contribution in [0.3, 0.4) is 0 Å². The van der Waals surface area contributed by atoms with E-state index in [2.05, 4.69) is 52.8 Å². The average Bonchev–Trinajstić information content (AvgIpc) is 2.71. The van der Waals surface area contributed by atoms with Crippen molar-refractivity contribution in [3.05, 3.63) is 35.9 Å². The molecule has 0 saturated heterocycles. The van der Waals surface area contributed by atoms with Crippen molar-refractivity contribution < 1.29 is 58.2 Å². The number of carboxylic acid groups (broad SMARTS) is 1. The molecule has 87 heavy (non-hydrogen) atoms. The summed E-state index contributed by atoms with van der Waals surface area (Å²) < 4.78 is 0. The molecule has 0 radical (unpaired) electrons. The molecule has 1 aromatic carbocycles. The van der Waals surface area contributed by atoms with E-state index in [1.807, 2.05) is 13.8 Å². The zero-order valence-electron chi connectivity index (χ0n) is 52.5. The minimum atomic E-state index is -1.58. The molecule has 0 fully saturated rings. The Hall–Kier alpha value is -7.01. The second kappa shape index (κ2) is 42.8. The van der Waals surface area contributed by atoms with Crippen LogP contribution in [0.5, 0.6) is 0 Å². The number of nitrogens with two attached hydrogens (primary N) is 6. The molecule has 0 aliphatic rings. The zero-order valence-corrected chi connectivity index (χ0v) is 52.5. The molecule has 0 spiro atoms. The number of rotatable bonds is 45. The number of unbranched alkanes of at least 4 members (excludes halogenated alkanes) is 3. The van der Waals surface area contributed by atoms with Crippen molar-refractivity contribution in [3.63, 3.8) is 0 Å². The number of hydrogen-bond donors (Lipinski definition) is 17. The Morgan fingerprint density at radius 1 is 0.471 bits per heavy atom. The number of guanidine groups is 1. The van der Waals surface area contributed by atoms with E-state index >= 15 is 0 Å². The number of nitrogens with zero attached hydrogens (tertiary/aromatic N) is 1. The van der Waals surface area contributed by atoms with Gasteiger partial charge in [-0.15, -0.1) is 0 Å². The van der Waals surface area contributed by atoms with Gasteiger partial charge in [-0.2, -0.15) is 0 Å². The SMILES string of the molecule is CC[C@H](C)[C@H](NC(=O)[C@H](CCCCN)NC(=O)[C@H](CCCCN)NC(=O)[C@H](CCCCN)NC(=O)[C@H](Cc1ccccc1)NC(=O)[C@H](CC(C)C)NC(=O)[C@@H](NC(=O)[C@@H](N)CCCN=C(N)N)C(C)C)C(=O)N[C@@H](CO)C(=O)N[C@@H](CC(C)C)C(=O)O. The quantitative estimate of drug-likeness (QED) is 0.0195. The Kier molecular flexibility index (Phi) is 38.3. The van der Waals surface area contributed by atoms with Crippen LogP contribution < -0.4 is 82.3 Å². The summed E-state index contributed by atoms with van der Waals surface area (Å²) >= 11 is 0. The van der Waals surface area contributed by atoms with Gasteiger partial charge >= 0.3 is 5.97 Å². The van der Waals surface area contributed by atoms with E-state index in [4.69, 9.17) is 34.4 Å². The summed E-state index contributed by atoms with van der Waals surface area (Å²) in [5.74, 6) is -9.53. The molecule has 0 bridgehead atoms. The summed E-state index contributed by atoms with van der Waals surface area (Å²) in [5, 5.41) is 44.0. The highest BCUT2D eigenvalue weighted by Crippen LogP contribution is 2.15. The average molecular weight is 1230 g/mol. The van der Waals surface area contributed by atoms with Gasteiger partial charge in [0.2, 0.25) is 53.2 Å². The Morgan fingerprint density at radius 2 is 0.862 bits per heavy atom. The lowest BCUT2D eigenvalue weighted by Gasteiger charge is -2.30. The van der Waals surface area contributed by atoms with Crippen LogP contribution >= 0.6 is 0 Å². The van der Waals surface area contributed by atoms with E-state index < -0.39 is 138 Å². The van der Waals surface area contributed by atoms with Crippen LogP contribution in [0, 0.1) is 23.7 Å². The van der Waals surface area contributed by atoms with Crippen LogP contribution in [0.2, 0.25) is 0 Å². The number of aliphatic imine (C=N–C) groups is 1. The van der Waals surface area contributed by atoms with E-state index in [0.717, 1.165) is 0 Å². The normalized spacial score (nSPS) is 15.1. The number of carbonyl (C=O) groups is 10. The maximum absolute atomic E-state index is 14.7. The second-order valence-electron chi connectivity index (χ2n) is 23.4. The molecule has 0 aliphatic heterocycles. The lowest BCUT2D eigenvalue weighted by atomic mass is 9.96. The van der Waals surface area contributed by atoms with Crippen LogP contribution in [0.25, 0.3) is 0 Å². The summed E-state index contributed by atoms with van der Waals surface area (Å²) in [5.41, 5.74) is 35.1.